The van der Waals surface area contributed by atoms with Crippen molar-refractivity contribution >= 4 is 11.6 Å². The first-order valence-electron chi connectivity index (χ1n) is 4.60. The lowest BCUT2D eigenvalue weighted by Gasteiger charge is -2.04. The highest BCUT2D eigenvalue weighted by Gasteiger charge is 1.98. The summed E-state index contributed by atoms with van der Waals surface area (Å²) in [6.45, 7) is 6.13. The van der Waals surface area contributed by atoms with E-state index in [0.717, 1.165) is 0 Å². The molecule has 0 fully saturated rings. The Balaban J connectivity index is -0.000000180. The minimum atomic E-state index is -0.375. The highest BCUT2D eigenvalue weighted by Crippen LogP contribution is 1.93. The van der Waals surface area contributed by atoms with Gasteiger partial charge in [0.2, 0.25) is 0 Å². The predicted octanol–water partition coefficient (Wildman–Crippen LogP) is 0.939. The van der Waals surface area contributed by atoms with Crippen LogP contribution in [0, 0.1) is 0 Å². The van der Waals surface area contributed by atoms with Gasteiger partial charge in [-0.3, -0.25) is 9.59 Å². The van der Waals surface area contributed by atoms with Crippen LogP contribution >= 0.6 is 0 Å². The molecule has 0 spiro atoms. The largest absolute Gasteiger partial charge is 0.393 e. The maximum absolute atomic E-state index is 10.0. The van der Waals surface area contributed by atoms with Crippen LogP contribution in [0.1, 0.15) is 42.0 Å². The molecule has 4 heteroatoms. The topological polar surface area (TPSA) is 74.6 Å². The summed E-state index contributed by atoms with van der Waals surface area (Å²) in [5.41, 5.74) is 0. The van der Waals surface area contributed by atoms with E-state index in [2.05, 4.69) is 0 Å². The van der Waals surface area contributed by atoms with Crippen LogP contribution in [-0.2, 0) is 9.59 Å². The Morgan fingerprint density at radius 1 is 1.07 bits per heavy atom. The number of Topliss-reactive ketones (excluding diaryl/α,β-unsaturated/α-hetero) is 2. The summed E-state index contributed by atoms with van der Waals surface area (Å²) in [6.07, 6.45) is -0.194. The second-order valence-electron chi connectivity index (χ2n) is 3.51. The molecule has 2 atom stereocenters. The highest BCUT2D eigenvalue weighted by molar-refractivity contribution is 5.96. The van der Waals surface area contributed by atoms with Crippen LogP contribution < -0.4 is 0 Å². The summed E-state index contributed by atoms with van der Waals surface area (Å²) in [5, 5.41) is 17.1. The average molecular weight is 206 g/mol. The van der Waals surface area contributed by atoms with E-state index in [9.17, 15) is 9.59 Å². The number of rotatable bonds is 4. The van der Waals surface area contributed by atoms with Crippen LogP contribution in [0.3, 0.4) is 0 Å². The molecule has 0 aliphatic rings. The number of carbonyl (C=O) groups excluding carboxylic acids is 2. The van der Waals surface area contributed by atoms with Gasteiger partial charge in [0.15, 0.2) is 0 Å². The van der Waals surface area contributed by atoms with Crippen LogP contribution in [0.15, 0.2) is 0 Å². The molecule has 14 heavy (non-hydrogen) atoms. The van der Waals surface area contributed by atoms with Crippen molar-refractivity contribution in [3.05, 3.63) is 0 Å². The van der Waals surface area contributed by atoms with Gasteiger partial charge in [0.1, 0.15) is 11.6 Å². The van der Waals surface area contributed by atoms with Crippen molar-refractivity contribution in [2.24, 2.45) is 0 Å². The standard InChI is InChI=1S/C5H12O2.C5H8O2.H2/c2*1-4(6)3-5(2)7;/h4-7H,3H2,1-2H3;3H2,1-2H3;1H/t4-,5-;;/m0../s1. The van der Waals surface area contributed by atoms with Crippen LogP contribution in [0.5, 0.6) is 0 Å². The van der Waals surface area contributed by atoms with E-state index in [1.165, 1.54) is 13.8 Å². The molecule has 86 valence electrons. The molecular weight excluding hydrogens is 184 g/mol. The van der Waals surface area contributed by atoms with Gasteiger partial charge >= 0.3 is 0 Å². The van der Waals surface area contributed by atoms with Gasteiger partial charge in [-0.05, 0) is 34.1 Å². The Kier molecular flexibility index (Phi) is 9.93. The molecule has 0 aliphatic heterocycles. The second kappa shape index (κ2) is 8.84. The predicted molar refractivity (Wildman–Crippen MR) is 56.1 cm³/mol. The first kappa shape index (κ1) is 15.7. The molecular formula is C10H22O4. The Morgan fingerprint density at radius 2 is 1.36 bits per heavy atom. The smallest absolute Gasteiger partial charge is 0.137 e. The zero-order valence-corrected chi connectivity index (χ0v) is 9.28. The number of aliphatic hydroxyl groups excluding tert-OH is 2. The zero-order chi connectivity index (χ0) is 11.7. The molecule has 0 aromatic rings. The average Bonchev–Trinajstić information content (AvgIpc) is 1.79. The van der Waals surface area contributed by atoms with Gasteiger partial charge in [-0.25, -0.2) is 0 Å². The number of aliphatic hydroxyl groups is 2. The van der Waals surface area contributed by atoms with Gasteiger partial charge in [-0.15, -0.1) is 0 Å². The molecule has 0 aliphatic carbocycles. The molecule has 0 bridgehead atoms. The third-order valence-corrected chi connectivity index (χ3v) is 1.18. The summed E-state index contributed by atoms with van der Waals surface area (Å²) >= 11 is 0. The van der Waals surface area contributed by atoms with Gasteiger partial charge in [0.25, 0.3) is 0 Å². The minimum Gasteiger partial charge on any atom is -0.393 e. The number of carbonyl (C=O) groups is 2. The first-order chi connectivity index (χ1) is 6.25. The maximum atomic E-state index is 10.0. The summed E-state index contributed by atoms with van der Waals surface area (Å²) in [4.78, 5) is 20.1. The quantitative estimate of drug-likeness (QED) is 0.671. The SMILES string of the molecule is CC(=O)CC(C)=O.C[C@H](O)C[C@H](C)O.[HH]. The molecule has 0 aromatic heterocycles. The van der Waals surface area contributed by atoms with E-state index in [1.807, 2.05) is 0 Å². The van der Waals surface area contributed by atoms with Crippen molar-refractivity contribution in [3.63, 3.8) is 0 Å². The maximum Gasteiger partial charge on any atom is 0.137 e. The highest BCUT2D eigenvalue weighted by atomic mass is 16.3. The second-order valence-corrected chi connectivity index (χ2v) is 3.51. The molecule has 0 radical (unpaired) electrons. The van der Waals surface area contributed by atoms with Crippen molar-refractivity contribution in [2.75, 3.05) is 0 Å². The molecule has 0 aromatic carbocycles. The normalized spacial score (nSPS) is 13.6. The minimum absolute atomic E-state index is 0. The van der Waals surface area contributed by atoms with Gasteiger partial charge in [0.05, 0.1) is 18.6 Å². The molecule has 4 nitrogen and oxygen atoms in total. The molecule has 2 N–H and O–H groups in total. The third kappa shape index (κ3) is 22.5. The van der Waals surface area contributed by atoms with Gasteiger partial charge < -0.3 is 10.2 Å². The number of ketones is 2. The summed E-state index contributed by atoms with van der Waals surface area (Å²) in [6, 6.07) is 0. The summed E-state index contributed by atoms with van der Waals surface area (Å²) < 4.78 is 0. The van der Waals surface area contributed by atoms with Crippen molar-refractivity contribution in [1.82, 2.24) is 0 Å². The van der Waals surface area contributed by atoms with Crippen LogP contribution in [0.25, 0.3) is 0 Å². The lowest BCUT2D eigenvalue weighted by Crippen LogP contribution is -2.10. The van der Waals surface area contributed by atoms with Crippen molar-refractivity contribution in [3.8, 4) is 0 Å². The molecule has 0 unspecified atom stereocenters. The van der Waals surface area contributed by atoms with Crippen molar-refractivity contribution in [2.45, 2.75) is 52.7 Å². The van der Waals surface area contributed by atoms with E-state index >= 15 is 0 Å². The van der Waals surface area contributed by atoms with E-state index in [0.29, 0.717) is 6.42 Å². The summed E-state index contributed by atoms with van der Waals surface area (Å²) in [7, 11) is 0. The lowest BCUT2D eigenvalue weighted by atomic mass is 10.2. The van der Waals surface area contributed by atoms with Gasteiger partial charge in [0, 0.05) is 1.43 Å². The third-order valence-electron chi connectivity index (χ3n) is 1.18. The Morgan fingerprint density at radius 3 is 1.36 bits per heavy atom. The lowest BCUT2D eigenvalue weighted by molar-refractivity contribution is -0.124. The Bertz CT molecular complexity index is 160. The van der Waals surface area contributed by atoms with Gasteiger partial charge in [-0.2, -0.15) is 0 Å². The van der Waals surface area contributed by atoms with E-state index in [4.69, 9.17) is 10.2 Å². The van der Waals surface area contributed by atoms with E-state index in [1.54, 1.807) is 13.8 Å². The Labute approximate surface area is 86.4 Å². The van der Waals surface area contributed by atoms with Gasteiger partial charge in [-0.1, -0.05) is 0 Å². The van der Waals surface area contributed by atoms with E-state index < -0.39 is 0 Å². The molecule has 0 saturated heterocycles. The van der Waals surface area contributed by atoms with Crippen LogP contribution in [0.4, 0.5) is 0 Å². The molecule has 0 rings (SSSR count). The number of hydrogen-bond donors (Lipinski definition) is 2. The van der Waals surface area contributed by atoms with E-state index in [-0.39, 0.29) is 31.6 Å². The number of hydrogen-bond acceptors (Lipinski definition) is 4. The fraction of sp³-hybridized carbons (Fsp3) is 0.800. The fourth-order valence-electron chi connectivity index (χ4n) is 0.844. The molecule has 0 heterocycles. The van der Waals surface area contributed by atoms with Crippen molar-refractivity contribution in [1.29, 1.82) is 0 Å². The zero-order valence-electron chi connectivity index (χ0n) is 9.28. The molecule has 0 saturated carbocycles. The monoisotopic (exact) mass is 206 g/mol. The summed E-state index contributed by atoms with van der Waals surface area (Å²) in [5.74, 6) is -0.125. The molecule has 0 amide bonds. The van der Waals surface area contributed by atoms with Crippen LogP contribution in [-0.4, -0.2) is 34.0 Å². The van der Waals surface area contributed by atoms with Crippen LogP contribution in [0.2, 0.25) is 0 Å². The van der Waals surface area contributed by atoms with Crippen molar-refractivity contribution < 1.29 is 21.2 Å². The Hall–Kier alpha value is -0.740. The first-order valence-corrected chi connectivity index (χ1v) is 4.60. The fourth-order valence-corrected chi connectivity index (χ4v) is 0.844.